The van der Waals surface area contributed by atoms with Gasteiger partial charge in [0.1, 0.15) is 11.5 Å². The molecule has 0 spiro atoms. The van der Waals surface area contributed by atoms with E-state index in [4.69, 9.17) is 15.2 Å². The summed E-state index contributed by atoms with van der Waals surface area (Å²) < 4.78 is 10.6. The predicted octanol–water partition coefficient (Wildman–Crippen LogP) is 2.29. The minimum absolute atomic E-state index is 0.125. The summed E-state index contributed by atoms with van der Waals surface area (Å²) in [7, 11) is 3.35. The molecule has 0 aliphatic heterocycles. The second kappa shape index (κ2) is 3.64. The van der Waals surface area contributed by atoms with Gasteiger partial charge in [0.25, 0.3) is 0 Å². The smallest absolute Gasteiger partial charge is 0.122 e. The highest BCUT2D eigenvalue weighted by molar-refractivity contribution is 5.46. The van der Waals surface area contributed by atoms with E-state index in [1.807, 2.05) is 6.07 Å². The van der Waals surface area contributed by atoms with E-state index in [-0.39, 0.29) is 5.54 Å². The average Bonchev–Trinajstić information content (AvgIpc) is 2.78. The third-order valence-electron chi connectivity index (χ3n) is 4.49. The molecule has 2 fully saturated rings. The Balaban J connectivity index is 1.98. The Kier molecular flexibility index (Phi) is 2.33. The van der Waals surface area contributed by atoms with Crippen molar-refractivity contribution >= 4 is 0 Å². The van der Waals surface area contributed by atoms with Gasteiger partial charge in [-0.25, -0.2) is 0 Å². The number of rotatable bonds is 3. The Morgan fingerprint density at radius 2 is 1.59 bits per heavy atom. The molecule has 0 bridgehead atoms. The van der Waals surface area contributed by atoms with Gasteiger partial charge in [-0.2, -0.15) is 0 Å². The molecule has 2 saturated carbocycles. The van der Waals surface area contributed by atoms with Gasteiger partial charge in [0, 0.05) is 11.6 Å². The van der Waals surface area contributed by atoms with Crippen LogP contribution in [0.2, 0.25) is 0 Å². The maximum absolute atomic E-state index is 6.55. The highest BCUT2D eigenvalue weighted by atomic mass is 16.5. The molecule has 3 nitrogen and oxygen atoms in total. The molecule has 2 aliphatic carbocycles. The van der Waals surface area contributed by atoms with Gasteiger partial charge in [-0.1, -0.05) is 6.42 Å². The van der Waals surface area contributed by atoms with Crippen molar-refractivity contribution in [2.24, 2.45) is 17.6 Å². The zero-order chi connectivity index (χ0) is 12.0. The van der Waals surface area contributed by atoms with E-state index in [1.165, 1.54) is 24.8 Å². The molecule has 0 aromatic heterocycles. The van der Waals surface area contributed by atoms with Crippen LogP contribution < -0.4 is 15.2 Å². The van der Waals surface area contributed by atoms with E-state index in [1.54, 1.807) is 14.2 Å². The summed E-state index contributed by atoms with van der Waals surface area (Å²) in [6, 6.07) is 6.01. The monoisotopic (exact) mass is 233 g/mol. The lowest BCUT2D eigenvalue weighted by Gasteiger charge is -2.18. The molecule has 0 radical (unpaired) electrons. The first-order chi connectivity index (χ1) is 8.20. The van der Waals surface area contributed by atoms with Gasteiger partial charge in [-0.3, -0.25) is 0 Å². The largest absolute Gasteiger partial charge is 0.497 e. The highest BCUT2D eigenvalue weighted by Crippen LogP contribution is 2.64. The number of hydrogen-bond acceptors (Lipinski definition) is 3. The standard InChI is InChI=1S/C14H19NO2/c1-16-10-6-9(7-11(8-10)17-2)14(15)12-4-3-5-13(12)14/h6-8,12-13H,3-5,15H2,1-2H3. The fourth-order valence-electron chi connectivity index (χ4n) is 3.49. The lowest BCUT2D eigenvalue weighted by Crippen LogP contribution is -2.25. The van der Waals surface area contributed by atoms with Crippen molar-refractivity contribution in [2.75, 3.05) is 14.2 Å². The van der Waals surface area contributed by atoms with Crippen LogP contribution in [-0.2, 0) is 5.54 Å². The number of benzene rings is 1. The molecule has 1 aromatic carbocycles. The zero-order valence-electron chi connectivity index (χ0n) is 10.4. The molecular formula is C14H19NO2. The van der Waals surface area contributed by atoms with E-state index in [0.717, 1.165) is 11.5 Å². The maximum Gasteiger partial charge on any atom is 0.122 e. The van der Waals surface area contributed by atoms with Gasteiger partial charge >= 0.3 is 0 Å². The molecule has 0 amide bonds. The molecular weight excluding hydrogens is 214 g/mol. The summed E-state index contributed by atoms with van der Waals surface area (Å²) in [5.74, 6) is 2.99. The predicted molar refractivity (Wildman–Crippen MR) is 66.2 cm³/mol. The third kappa shape index (κ3) is 1.45. The first kappa shape index (κ1) is 10.9. The average molecular weight is 233 g/mol. The SMILES string of the molecule is COc1cc(OC)cc(C2(N)C3CCCC32)c1. The summed E-state index contributed by atoms with van der Waals surface area (Å²) in [6.45, 7) is 0. The van der Waals surface area contributed by atoms with Crippen LogP contribution in [0.15, 0.2) is 18.2 Å². The van der Waals surface area contributed by atoms with Gasteiger partial charge in [-0.15, -0.1) is 0 Å². The van der Waals surface area contributed by atoms with Crippen LogP contribution in [-0.4, -0.2) is 14.2 Å². The Hall–Kier alpha value is -1.22. The van der Waals surface area contributed by atoms with Gasteiger partial charge in [-0.05, 0) is 42.4 Å². The number of hydrogen-bond donors (Lipinski definition) is 1. The third-order valence-corrected chi connectivity index (χ3v) is 4.49. The molecule has 2 unspecified atom stereocenters. The molecule has 3 heteroatoms. The Bertz CT molecular complexity index is 412. The molecule has 92 valence electrons. The minimum Gasteiger partial charge on any atom is -0.497 e. The van der Waals surface area contributed by atoms with Crippen LogP contribution in [0.25, 0.3) is 0 Å². The zero-order valence-corrected chi connectivity index (χ0v) is 10.4. The first-order valence-electron chi connectivity index (χ1n) is 6.22. The molecule has 1 aromatic rings. The highest BCUT2D eigenvalue weighted by Gasteiger charge is 2.64. The van der Waals surface area contributed by atoms with Crippen LogP contribution in [0.4, 0.5) is 0 Å². The van der Waals surface area contributed by atoms with Gasteiger partial charge in [0.15, 0.2) is 0 Å². The van der Waals surface area contributed by atoms with E-state index in [9.17, 15) is 0 Å². The summed E-state index contributed by atoms with van der Waals surface area (Å²) >= 11 is 0. The van der Waals surface area contributed by atoms with Crippen LogP contribution in [0, 0.1) is 11.8 Å². The molecule has 0 heterocycles. The van der Waals surface area contributed by atoms with Crippen molar-refractivity contribution in [3.8, 4) is 11.5 Å². The summed E-state index contributed by atoms with van der Waals surface area (Å²) in [6.07, 6.45) is 3.86. The second-order valence-corrected chi connectivity index (χ2v) is 5.18. The summed E-state index contributed by atoms with van der Waals surface area (Å²) in [5.41, 5.74) is 7.60. The number of methoxy groups -OCH3 is 2. The first-order valence-corrected chi connectivity index (χ1v) is 6.22. The molecule has 2 atom stereocenters. The fourth-order valence-corrected chi connectivity index (χ4v) is 3.49. The van der Waals surface area contributed by atoms with Crippen molar-refractivity contribution in [2.45, 2.75) is 24.8 Å². The Morgan fingerprint density at radius 3 is 2.06 bits per heavy atom. The van der Waals surface area contributed by atoms with Gasteiger partial charge in [0.2, 0.25) is 0 Å². The molecule has 3 rings (SSSR count). The Labute approximate surface area is 102 Å². The lowest BCUT2D eigenvalue weighted by molar-refractivity contribution is 0.390. The number of fused-ring (bicyclic) bond motifs is 1. The summed E-state index contributed by atoms with van der Waals surface area (Å²) in [5, 5.41) is 0. The van der Waals surface area contributed by atoms with Crippen LogP contribution in [0.1, 0.15) is 24.8 Å². The van der Waals surface area contributed by atoms with Crippen LogP contribution >= 0.6 is 0 Å². The molecule has 0 saturated heterocycles. The van der Waals surface area contributed by atoms with Crippen molar-refractivity contribution < 1.29 is 9.47 Å². The van der Waals surface area contributed by atoms with E-state index >= 15 is 0 Å². The van der Waals surface area contributed by atoms with Crippen molar-refractivity contribution in [3.63, 3.8) is 0 Å². The number of ether oxygens (including phenoxy) is 2. The normalized spacial score (nSPS) is 34.3. The molecule has 2 aliphatic rings. The number of nitrogens with two attached hydrogens (primary N) is 1. The fraction of sp³-hybridized carbons (Fsp3) is 0.571. The van der Waals surface area contributed by atoms with E-state index < -0.39 is 0 Å². The van der Waals surface area contributed by atoms with Crippen molar-refractivity contribution in [3.05, 3.63) is 23.8 Å². The minimum atomic E-state index is -0.125. The van der Waals surface area contributed by atoms with Gasteiger partial charge in [0.05, 0.1) is 14.2 Å². The second-order valence-electron chi connectivity index (χ2n) is 5.18. The van der Waals surface area contributed by atoms with Crippen molar-refractivity contribution in [1.29, 1.82) is 0 Å². The molecule has 2 N–H and O–H groups in total. The Morgan fingerprint density at radius 1 is 1.06 bits per heavy atom. The maximum atomic E-state index is 6.55. The lowest BCUT2D eigenvalue weighted by atomic mass is 9.96. The molecule has 17 heavy (non-hydrogen) atoms. The topological polar surface area (TPSA) is 44.5 Å². The van der Waals surface area contributed by atoms with Crippen LogP contribution in [0.3, 0.4) is 0 Å². The van der Waals surface area contributed by atoms with Crippen molar-refractivity contribution in [1.82, 2.24) is 0 Å². The van der Waals surface area contributed by atoms with Gasteiger partial charge < -0.3 is 15.2 Å². The quantitative estimate of drug-likeness (QED) is 0.871. The van der Waals surface area contributed by atoms with Crippen LogP contribution in [0.5, 0.6) is 11.5 Å². The summed E-state index contributed by atoms with van der Waals surface area (Å²) in [4.78, 5) is 0. The van der Waals surface area contributed by atoms with E-state index in [2.05, 4.69) is 12.1 Å². The van der Waals surface area contributed by atoms with E-state index in [0.29, 0.717) is 11.8 Å².